The van der Waals surface area contributed by atoms with E-state index in [1.807, 2.05) is 0 Å². The van der Waals surface area contributed by atoms with Gasteiger partial charge in [0.15, 0.2) is 5.66 Å². The topological polar surface area (TPSA) is 148 Å². The molecule has 250 valence electrons. The van der Waals surface area contributed by atoms with Gasteiger partial charge in [0.25, 0.3) is 11.5 Å². The number of thiophene rings is 1. The Kier molecular flexibility index (Phi) is 9.23. The van der Waals surface area contributed by atoms with Gasteiger partial charge in [-0.05, 0) is 73.7 Å². The Morgan fingerprint density at radius 2 is 1.56 bits per heavy atom. The molecule has 48 heavy (non-hydrogen) atoms. The van der Waals surface area contributed by atoms with Gasteiger partial charge in [0.1, 0.15) is 17.3 Å². The highest BCUT2D eigenvalue weighted by atomic mass is 32.1. The Hall–Kier alpha value is -4.06. The Morgan fingerprint density at radius 3 is 2.10 bits per heavy atom. The van der Waals surface area contributed by atoms with Crippen molar-refractivity contribution >= 4 is 38.1 Å². The lowest BCUT2D eigenvalue weighted by Crippen LogP contribution is -2.33. The maximum atomic E-state index is 16.0. The number of para-hydroxylation sites is 2. The van der Waals surface area contributed by atoms with Crippen molar-refractivity contribution in [3.8, 4) is 21.9 Å². The van der Waals surface area contributed by atoms with Gasteiger partial charge < -0.3 is 9.05 Å². The van der Waals surface area contributed by atoms with Crippen molar-refractivity contribution in [2.45, 2.75) is 50.2 Å². The third kappa shape index (κ3) is 6.63. The third-order valence-electron chi connectivity index (χ3n) is 8.07. The summed E-state index contributed by atoms with van der Waals surface area (Å²) in [6.45, 7) is 1.62. The molecule has 0 bridgehead atoms. The number of hydrogen-bond donors (Lipinski definition) is 3. The van der Waals surface area contributed by atoms with Crippen LogP contribution < -0.4 is 20.3 Å². The molecule has 7 rings (SSSR count). The number of aryl methyl sites for hydroxylation is 2. The van der Waals surface area contributed by atoms with E-state index in [-0.39, 0.29) is 40.5 Å². The smallest absolute Gasteiger partial charge is 0.416 e. The largest absolute Gasteiger partial charge is 0.692 e. The number of alkyl halides is 2. The first-order valence-electron chi connectivity index (χ1n) is 14.7. The van der Waals surface area contributed by atoms with Gasteiger partial charge in [-0.2, -0.15) is 0 Å². The number of aromatic nitrogens is 2. The number of benzene rings is 3. The molecule has 0 saturated heterocycles. The Morgan fingerprint density at radius 1 is 1.00 bits per heavy atom. The van der Waals surface area contributed by atoms with Crippen LogP contribution in [0.4, 0.5) is 13.2 Å². The van der Waals surface area contributed by atoms with E-state index in [4.69, 9.17) is 23.4 Å². The number of aromatic amines is 1. The third-order valence-corrected chi connectivity index (χ3v) is 11.5. The van der Waals surface area contributed by atoms with Crippen molar-refractivity contribution < 1.29 is 41.1 Å². The van der Waals surface area contributed by atoms with Gasteiger partial charge in [-0.3, -0.25) is 14.3 Å². The number of hydrogen-bond acceptors (Lipinski definition) is 7. The van der Waals surface area contributed by atoms with Crippen molar-refractivity contribution in [2.24, 2.45) is 0 Å². The second-order valence-corrected chi connectivity index (χ2v) is 15.0. The number of rotatable bonds is 7. The van der Waals surface area contributed by atoms with E-state index in [9.17, 15) is 14.2 Å². The van der Waals surface area contributed by atoms with Crippen molar-refractivity contribution in [2.75, 3.05) is 0 Å². The summed E-state index contributed by atoms with van der Waals surface area (Å²) in [5.41, 5.74) is -2.44. The van der Waals surface area contributed by atoms with Crippen LogP contribution in [0.2, 0.25) is 0 Å². The Labute approximate surface area is 275 Å². The maximum Gasteiger partial charge on any atom is 0.692 e. The molecule has 0 amide bonds. The highest BCUT2D eigenvalue weighted by Gasteiger charge is 2.59. The van der Waals surface area contributed by atoms with Gasteiger partial charge >= 0.3 is 21.5 Å². The molecule has 0 radical (unpaired) electrons. The van der Waals surface area contributed by atoms with Crippen LogP contribution in [0, 0.1) is 12.7 Å². The second kappa shape index (κ2) is 13.1. The van der Waals surface area contributed by atoms with Gasteiger partial charge in [-0.15, -0.1) is 21.1 Å². The molecular weight excluding hydrogens is 691 g/mol. The first-order valence-corrected chi connectivity index (χ1v) is 18.3. The SMILES string of the molecule is Cc1c(-c2cc3c(s2)CCC(F)(F)C3P(=O)(Oc2ccccc2)Oc2ccccc2)c(F)cc2c(=O)[nH]c(=O)n(C3CC3)c12.O=[P+](O)O. The molecule has 1 saturated carbocycles. The summed E-state index contributed by atoms with van der Waals surface area (Å²) < 4.78 is 84.3. The highest BCUT2D eigenvalue weighted by molar-refractivity contribution is 7.55. The predicted octanol–water partition coefficient (Wildman–Crippen LogP) is 7.80. The summed E-state index contributed by atoms with van der Waals surface area (Å²) in [6.07, 6.45) is 0.853. The molecule has 3 N–H and O–H groups in total. The van der Waals surface area contributed by atoms with Crippen LogP contribution in [0.15, 0.2) is 82.4 Å². The number of H-pyrrole nitrogens is 1. The standard InChI is InChI=1S/C32H26F3N2O5PS.HO3P/c1-18-27(24(33)16-23-28(18)37(19-12-13-19)31(39)36-30(23)38)26-17-22-25(44-26)14-15-32(34,35)29(22)43(40,41-20-8-4-2-5-9-20)42-21-10-6-3-7-11-21;1-4(2)3/h2-11,16-17,19,29H,12-15H2,1H3,(H,36,38,39);(H-,1,2,3)/p+1. The fraction of sp³-hybridized carbons (Fsp3) is 0.250. The summed E-state index contributed by atoms with van der Waals surface area (Å²) in [4.78, 5) is 42.8. The highest BCUT2D eigenvalue weighted by Crippen LogP contribution is 2.68. The molecule has 1 fully saturated rings. The zero-order valence-corrected chi connectivity index (χ0v) is 27.7. The van der Waals surface area contributed by atoms with Gasteiger partial charge in [-0.1, -0.05) is 36.4 Å². The van der Waals surface area contributed by atoms with Crippen molar-refractivity contribution in [3.05, 3.63) is 115 Å². The van der Waals surface area contributed by atoms with E-state index >= 15 is 13.2 Å². The lowest BCUT2D eigenvalue weighted by atomic mass is 9.94. The van der Waals surface area contributed by atoms with Gasteiger partial charge in [0, 0.05) is 32.3 Å². The number of nitrogens with zero attached hydrogens (tertiary/aromatic N) is 1. The molecule has 2 aliphatic rings. The molecule has 5 aromatic rings. The van der Waals surface area contributed by atoms with E-state index in [2.05, 4.69) is 4.98 Å². The van der Waals surface area contributed by atoms with E-state index in [0.717, 1.165) is 30.2 Å². The lowest BCUT2D eigenvalue weighted by Gasteiger charge is -2.35. The molecule has 10 nitrogen and oxygen atoms in total. The summed E-state index contributed by atoms with van der Waals surface area (Å²) in [5.74, 6) is -4.01. The molecule has 0 spiro atoms. The zero-order chi connectivity index (χ0) is 34.4. The average Bonchev–Trinajstić information content (AvgIpc) is 3.76. The normalized spacial score (nSPS) is 16.8. The summed E-state index contributed by atoms with van der Waals surface area (Å²) in [7, 11) is -7.56. The fourth-order valence-electron chi connectivity index (χ4n) is 5.98. The minimum Gasteiger partial charge on any atom is -0.416 e. The minimum atomic E-state index is -4.69. The summed E-state index contributed by atoms with van der Waals surface area (Å²) >= 11 is 1.12. The second-order valence-electron chi connectivity index (χ2n) is 11.4. The fourth-order valence-corrected chi connectivity index (χ4v) is 9.61. The van der Waals surface area contributed by atoms with E-state index in [1.54, 1.807) is 43.3 Å². The van der Waals surface area contributed by atoms with E-state index < -0.39 is 50.9 Å². The van der Waals surface area contributed by atoms with Crippen LogP contribution in [0.25, 0.3) is 21.3 Å². The van der Waals surface area contributed by atoms with Gasteiger partial charge in [-0.25, -0.2) is 22.5 Å². The van der Waals surface area contributed by atoms with E-state index in [0.29, 0.717) is 20.8 Å². The van der Waals surface area contributed by atoms with Crippen LogP contribution in [0.3, 0.4) is 0 Å². The summed E-state index contributed by atoms with van der Waals surface area (Å²) in [5, 5.41) is 0.0398. The number of nitrogens with one attached hydrogen (secondary N) is 1. The summed E-state index contributed by atoms with van der Waals surface area (Å²) in [6, 6.07) is 18.4. The Balaban J connectivity index is 0.000000952. The zero-order valence-electron chi connectivity index (χ0n) is 25.1. The minimum absolute atomic E-state index is 0.0269. The molecule has 1 atom stereocenters. The van der Waals surface area contributed by atoms with Crippen LogP contribution in [-0.4, -0.2) is 25.3 Å². The van der Waals surface area contributed by atoms with E-state index in [1.165, 1.54) is 34.9 Å². The molecule has 0 aliphatic heterocycles. The van der Waals surface area contributed by atoms with Crippen molar-refractivity contribution in [1.82, 2.24) is 9.55 Å². The molecular formula is C32H28F3N2O8P2S+. The molecule has 16 heteroatoms. The first-order chi connectivity index (χ1) is 22.8. The predicted molar refractivity (Wildman–Crippen MR) is 175 cm³/mol. The number of fused-ring (bicyclic) bond motifs is 2. The van der Waals surface area contributed by atoms with Gasteiger partial charge in [0.05, 0.1) is 10.9 Å². The monoisotopic (exact) mass is 719 g/mol. The quantitative estimate of drug-likeness (QED) is 0.144. The molecule has 2 aliphatic carbocycles. The lowest BCUT2D eigenvalue weighted by molar-refractivity contribution is -0.0226. The van der Waals surface area contributed by atoms with Crippen LogP contribution in [0.1, 0.15) is 47.0 Å². The molecule has 2 aromatic heterocycles. The maximum absolute atomic E-state index is 16.0. The Bertz CT molecular complexity index is 2140. The van der Waals surface area contributed by atoms with Gasteiger partial charge in [0.2, 0.25) is 0 Å². The van der Waals surface area contributed by atoms with Crippen molar-refractivity contribution in [1.29, 1.82) is 0 Å². The molecule has 2 heterocycles. The first kappa shape index (κ1) is 33.8. The van der Waals surface area contributed by atoms with Crippen LogP contribution >= 0.6 is 27.2 Å². The molecule has 1 unspecified atom stereocenters. The number of halogens is 3. The van der Waals surface area contributed by atoms with Crippen LogP contribution in [0.5, 0.6) is 11.5 Å². The molecule has 3 aromatic carbocycles. The van der Waals surface area contributed by atoms with Crippen LogP contribution in [-0.2, 0) is 15.6 Å². The van der Waals surface area contributed by atoms with Crippen molar-refractivity contribution in [3.63, 3.8) is 0 Å². The average molecular weight is 720 g/mol.